The number of unbranched alkanes of at least 4 members (excludes halogenated alkanes) is 3. The minimum Gasteiger partial charge on any atom is -0.476 e. The third-order valence-electron chi connectivity index (χ3n) is 3.75. The third kappa shape index (κ3) is 4.47. The molecule has 1 atom stereocenters. The fourth-order valence-electron chi connectivity index (χ4n) is 2.53. The van der Waals surface area contributed by atoms with Crippen molar-refractivity contribution in [3.05, 3.63) is 5.82 Å². The van der Waals surface area contributed by atoms with Gasteiger partial charge in [0.05, 0.1) is 6.61 Å². The molecule has 1 saturated heterocycles. The molecule has 0 radical (unpaired) electrons. The molecule has 3 N–H and O–H groups in total. The largest absolute Gasteiger partial charge is 0.476 e. The predicted octanol–water partition coefficient (Wildman–Crippen LogP) is 3.30. The van der Waals surface area contributed by atoms with Crippen LogP contribution in [0, 0.1) is 0 Å². The highest BCUT2D eigenvalue weighted by molar-refractivity contribution is 5.67. The molecule has 1 aliphatic heterocycles. The van der Waals surface area contributed by atoms with E-state index in [2.05, 4.69) is 22.2 Å². The zero-order chi connectivity index (χ0) is 15.8. The normalized spacial score (nSPS) is 17.6. The monoisotopic (exact) mass is 308 g/mol. The molecule has 0 aromatic carbocycles. The van der Waals surface area contributed by atoms with Gasteiger partial charge in [-0.3, -0.25) is 0 Å². The van der Waals surface area contributed by atoms with Gasteiger partial charge < -0.3 is 20.5 Å². The highest BCUT2D eigenvalue weighted by atomic mass is 16.5. The summed E-state index contributed by atoms with van der Waals surface area (Å²) in [4.78, 5) is 9.00. The van der Waals surface area contributed by atoms with Crippen LogP contribution in [0.25, 0.3) is 0 Å². The number of hydrogen-bond donors (Lipinski definition) is 2. The molecule has 2 rings (SSSR count). The molecular formula is C16H28N4O2. The van der Waals surface area contributed by atoms with E-state index in [4.69, 9.17) is 15.2 Å². The van der Waals surface area contributed by atoms with E-state index in [0.717, 1.165) is 32.4 Å². The van der Waals surface area contributed by atoms with Crippen LogP contribution in [0.4, 0.5) is 11.5 Å². The highest BCUT2D eigenvalue weighted by Crippen LogP contribution is 2.32. The fourth-order valence-corrected chi connectivity index (χ4v) is 2.53. The molecule has 22 heavy (non-hydrogen) atoms. The SMILES string of the molecule is CCCCCCNc1nc(C2CCCO2)nc(OCC)c1N. The Morgan fingerprint density at radius 1 is 1.27 bits per heavy atom. The van der Waals surface area contributed by atoms with Gasteiger partial charge in [-0.15, -0.1) is 0 Å². The van der Waals surface area contributed by atoms with Crippen LogP contribution in [0.5, 0.6) is 5.88 Å². The van der Waals surface area contributed by atoms with Crippen LogP contribution in [0.2, 0.25) is 0 Å². The number of hydrogen-bond acceptors (Lipinski definition) is 6. The lowest BCUT2D eigenvalue weighted by molar-refractivity contribution is 0.104. The van der Waals surface area contributed by atoms with Crippen LogP contribution in [0.3, 0.4) is 0 Å². The quantitative estimate of drug-likeness (QED) is 0.681. The summed E-state index contributed by atoms with van der Waals surface area (Å²) in [6, 6.07) is 0. The standard InChI is InChI=1S/C16H28N4O2/c1-3-5-6-7-10-18-15-13(17)16(21-4-2)20-14(19-15)12-9-8-11-22-12/h12H,3-11,17H2,1-2H3,(H,18,19,20). The predicted molar refractivity (Wildman–Crippen MR) is 88.2 cm³/mol. The average molecular weight is 308 g/mol. The second kappa shape index (κ2) is 8.78. The molecule has 124 valence electrons. The minimum absolute atomic E-state index is 0.0413. The van der Waals surface area contributed by atoms with Crippen molar-refractivity contribution in [2.24, 2.45) is 0 Å². The molecule has 1 unspecified atom stereocenters. The Kier molecular flexibility index (Phi) is 6.71. The third-order valence-corrected chi connectivity index (χ3v) is 3.75. The summed E-state index contributed by atoms with van der Waals surface area (Å²) in [6.45, 7) is 6.28. The smallest absolute Gasteiger partial charge is 0.242 e. The van der Waals surface area contributed by atoms with Crippen LogP contribution in [0.15, 0.2) is 0 Å². The molecular weight excluding hydrogens is 280 g/mol. The lowest BCUT2D eigenvalue weighted by Gasteiger charge is -2.16. The van der Waals surface area contributed by atoms with Crippen LogP contribution in [-0.2, 0) is 4.74 Å². The van der Waals surface area contributed by atoms with Crippen molar-refractivity contribution < 1.29 is 9.47 Å². The molecule has 1 aromatic heterocycles. The van der Waals surface area contributed by atoms with Gasteiger partial charge in [-0.1, -0.05) is 26.2 Å². The van der Waals surface area contributed by atoms with Gasteiger partial charge in [0.1, 0.15) is 11.8 Å². The summed E-state index contributed by atoms with van der Waals surface area (Å²) in [5.74, 6) is 1.80. The van der Waals surface area contributed by atoms with Crippen molar-refractivity contribution in [1.82, 2.24) is 9.97 Å². The van der Waals surface area contributed by atoms with E-state index in [1.807, 2.05) is 6.92 Å². The van der Waals surface area contributed by atoms with Crippen LogP contribution in [0.1, 0.15) is 64.3 Å². The van der Waals surface area contributed by atoms with Crippen molar-refractivity contribution in [2.45, 2.75) is 58.5 Å². The van der Waals surface area contributed by atoms with Gasteiger partial charge in [-0.05, 0) is 26.2 Å². The summed E-state index contributed by atoms with van der Waals surface area (Å²) in [7, 11) is 0. The Morgan fingerprint density at radius 2 is 2.14 bits per heavy atom. The number of rotatable bonds is 9. The zero-order valence-corrected chi connectivity index (χ0v) is 13.7. The number of nitrogens with two attached hydrogens (primary N) is 1. The maximum atomic E-state index is 6.12. The first kappa shape index (κ1) is 16.8. The van der Waals surface area contributed by atoms with E-state index in [-0.39, 0.29) is 6.10 Å². The van der Waals surface area contributed by atoms with Crippen LogP contribution in [-0.4, -0.2) is 29.7 Å². The first-order valence-corrected chi connectivity index (χ1v) is 8.41. The van der Waals surface area contributed by atoms with Gasteiger partial charge >= 0.3 is 0 Å². The van der Waals surface area contributed by atoms with E-state index in [1.54, 1.807) is 0 Å². The lowest BCUT2D eigenvalue weighted by atomic mass is 10.2. The summed E-state index contributed by atoms with van der Waals surface area (Å²) in [6.07, 6.45) is 6.76. The number of nitrogen functional groups attached to an aromatic ring is 1. The van der Waals surface area contributed by atoms with E-state index < -0.39 is 0 Å². The van der Waals surface area contributed by atoms with Crippen molar-refractivity contribution in [1.29, 1.82) is 0 Å². The molecule has 2 heterocycles. The number of ether oxygens (including phenoxy) is 2. The van der Waals surface area contributed by atoms with Crippen LogP contribution >= 0.6 is 0 Å². The molecule has 1 fully saturated rings. The molecule has 6 nitrogen and oxygen atoms in total. The van der Waals surface area contributed by atoms with Gasteiger partial charge in [0.15, 0.2) is 11.6 Å². The molecule has 0 saturated carbocycles. The summed E-state index contributed by atoms with van der Waals surface area (Å²) in [5, 5.41) is 3.32. The Bertz CT molecular complexity index is 462. The van der Waals surface area contributed by atoms with E-state index >= 15 is 0 Å². The minimum atomic E-state index is -0.0413. The summed E-state index contributed by atoms with van der Waals surface area (Å²) in [5.41, 5.74) is 6.61. The number of nitrogens with zero attached hydrogens (tertiary/aromatic N) is 2. The summed E-state index contributed by atoms with van der Waals surface area (Å²) >= 11 is 0. The van der Waals surface area contributed by atoms with E-state index in [1.165, 1.54) is 19.3 Å². The first-order valence-electron chi connectivity index (χ1n) is 8.41. The highest BCUT2D eigenvalue weighted by Gasteiger charge is 2.23. The Balaban J connectivity index is 2.08. The molecule has 0 bridgehead atoms. The van der Waals surface area contributed by atoms with Crippen molar-refractivity contribution in [3.63, 3.8) is 0 Å². The van der Waals surface area contributed by atoms with E-state index in [0.29, 0.717) is 29.8 Å². The molecule has 6 heteroatoms. The molecule has 1 aliphatic rings. The van der Waals surface area contributed by atoms with Gasteiger partial charge in [-0.2, -0.15) is 4.98 Å². The van der Waals surface area contributed by atoms with E-state index in [9.17, 15) is 0 Å². The van der Waals surface area contributed by atoms with Gasteiger partial charge in [0, 0.05) is 13.2 Å². The van der Waals surface area contributed by atoms with Crippen LogP contribution < -0.4 is 15.8 Å². The zero-order valence-electron chi connectivity index (χ0n) is 13.7. The number of anilines is 2. The maximum Gasteiger partial charge on any atom is 0.242 e. The summed E-state index contributed by atoms with van der Waals surface area (Å²) < 4.78 is 11.2. The van der Waals surface area contributed by atoms with Crippen molar-refractivity contribution >= 4 is 11.5 Å². The number of nitrogens with one attached hydrogen (secondary N) is 1. The van der Waals surface area contributed by atoms with Crippen molar-refractivity contribution in [3.8, 4) is 5.88 Å². The van der Waals surface area contributed by atoms with Crippen molar-refractivity contribution in [2.75, 3.05) is 30.8 Å². The molecule has 1 aromatic rings. The molecule has 0 aliphatic carbocycles. The fraction of sp³-hybridized carbons (Fsp3) is 0.750. The second-order valence-electron chi connectivity index (χ2n) is 5.57. The first-order chi connectivity index (χ1) is 10.8. The van der Waals surface area contributed by atoms with Gasteiger partial charge in [0.25, 0.3) is 0 Å². The molecule has 0 amide bonds. The Labute approximate surface area is 132 Å². The van der Waals surface area contributed by atoms with Gasteiger partial charge in [0.2, 0.25) is 5.88 Å². The number of aromatic nitrogens is 2. The Morgan fingerprint density at radius 3 is 2.82 bits per heavy atom. The molecule has 0 spiro atoms. The average Bonchev–Trinajstić information content (AvgIpc) is 3.05. The Hall–Kier alpha value is -1.56. The lowest BCUT2D eigenvalue weighted by Crippen LogP contribution is -2.13. The second-order valence-corrected chi connectivity index (χ2v) is 5.57. The topological polar surface area (TPSA) is 82.3 Å². The maximum absolute atomic E-state index is 6.12. The van der Waals surface area contributed by atoms with Gasteiger partial charge in [-0.25, -0.2) is 4.98 Å².